The van der Waals surface area contributed by atoms with Crippen LogP contribution in [0, 0.1) is 0 Å². The van der Waals surface area contributed by atoms with Gasteiger partial charge in [-0.2, -0.15) is 0 Å². The summed E-state index contributed by atoms with van der Waals surface area (Å²) in [5, 5.41) is 0.682. The van der Waals surface area contributed by atoms with Crippen molar-refractivity contribution in [2.45, 2.75) is 13.8 Å². The molecule has 0 bridgehead atoms. The molecule has 1 aromatic heterocycles. The number of rotatable bonds is 8. The Morgan fingerprint density at radius 2 is 1.66 bits per heavy atom. The topological polar surface area (TPSA) is 58.1 Å². The van der Waals surface area contributed by atoms with E-state index in [1.165, 1.54) is 11.3 Å². The Bertz CT molecular complexity index is 1030. The highest BCUT2D eigenvalue weighted by molar-refractivity contribution is 7.22. The zero-order valence-corrected chi connectivity index (χ0v) is 19.9. The van der Waals surface area contributed by atoms with Gasteiger partial charge in [-0.25, -0.2) is 4.98 Å². The third-order valence-electron chi connectivity index (χ3n) is 5.53. The molecule has 7 nitrogen and oxygen atoms in total. The van der Waals surface area contributed by atoms with E-state index in [2.05, 4.69) is 23.6 Å². The normalized spacial score (nSPS) is 12.9. The first-order valence-electron chi connectivity index (χ1n) is 11.0. The Hall–Kier alpha value is -2.84. The maximum absolute atomic E-state index is 13.5. The van der Waals surface area contributed by atoms with Crippen LogP contribution < -0.4 is 19.3 Å². The van der Waals surface area contributed by atoms with Crippen LogP contribution in [-0.2, 0) is 0 Å². The SMILES string of the molecule is CCN(CC)c1ccc(C(=O)N(CCN(C)C)c2nc3cc4c(cc3s2)OCCO4)cc1. The number of anilines is 2. The number of fused-ring (bicyclic) bond motifs is 2. The molecule has 1 amide bonds. The average Bonchev–Trinajstić information content (AvgIpc) is 3.21. The number of carbonyl (C=O) groups is 1. The number of likely N-dealkylation sites (N-methyl/N-ethyl adjacent to an activating group) is 1. The van der Waals surface area contributed by atoms with Gasteiger partial charge in [0.1, 0.15) is 13.2 Å². The number of benzene rings is 2. The molecule has 0 spiro atoms. The first-order valence-corrected chi connectivity index (χ1v) is 11.8. The van der Waals surface area contributed by atoms with Crippen molar-refractivity contribution >= 4 is 38.3 Å². The number of amides is 1. The van der Waals surface area contributed by atoms with Gasteiger partial charge in [0, 0.05) is 49.6 Å². The average molecular weight is 455 g/mol. The highest BCUT2D eigenvalue weighted by Crippen LogP contribution is 2.39. The van der Waals surface area contributed by atoms with Gasteiger partial charge in [-0.1, -0.05) is 11.3 Å². The Labute approximate surface area is 193 Å². The van der Waals surface area contributed by atoms with Gasteiger partial charge in [0.2, 0.25) is 0 Å². The van der Waals surface area contributed by atoms with Crippen molar-refractivity contribution in [3.05, 3.63) is 42.0 Å². The van der Waals surface area contributed by atoms with E-state index >= 15 is 0 Å². The van der Waals surface area contributed by atoms with E-state index in [0.717, 1.165) is 41.3 Å². The highest BCUT2D eigenvalue weighted by Gasteiger charge is 2.23. The molecule has 0 fully saturated rings. The molecule has 3 aromatic rings. The number of nitrogens with zero attached hydrogens (tertiary/aromatic N) is 4. The third kappa shape index (κ3) is 4.66. The van der Waals surface area contributed by atoms with Crippen molar-refractivity contribution in [2.24, 2.45) is 0 Å². The Morgan fingerprint density at radius 3 is 2.28 bits per heavy atom. The van der Waals surface area contributed by atoms with Crippen molar-refractivity contribution in [1.29, 1.82) is 0 Å². The van der Waals surface area contributed by atoms with Gasteiger partial charge < -0.3 is 19.3 Å². The lowest BCUT2D eigenvalue weighted by Gasteiger charge is -2.23. The lowest BCUT2D eigenvalue weighted by Crippen LogP contribution is -2.36. The number of thiazole rings is 1. The Kier molecular flexibility index (Phi) is 6.81. The second kappa shape index (κ2) is 9.75. The number of aromatic nitrogens is 1. The molecule has 0 unspecified atom stereocenters. The smallest absolute Gasteiger partial charge is 0.260 e. The molecule has 0 saturated heterocycles. The van der Waals surface area contributed by atoms with Crippen LogP contribution in [0.1, 0.15) is 24.2 Å². The summed E-state index contributed by atoms with van der Waals surface area (Å²) in [7, 11) is 4.01. The van der Waals surface area contributed by atoms with E-state index in [4.69, 9.17) is 14.5 Å². The van der Waals surface area contributed by atoms with Crippen LogP contribution in [0.15, 0.2) is 36.4 Å². The molecule has 0 radical (unpaired) electrons. The minimum atomic E-state index is -0.0470. The fourth-order valence-corrected chi connectivity index (χ4v) is 4.71. The van der Waals surface area contributed by atoms with Gasteiger partial charge in [0.05, 0.1) is 10.2 Å². The van der Waals surface area contributed by atoms with E-state index in [1.54, 1.807) is 4.90 Å². The quantitative estimate of drug-likeness (QED) is 0.510. The maximum Gasteiger partial charge on any atom is 0.260 e. The lowest BCUT2D eigenvalue weighted by atomic mass is 10.1. The van der Waals surface area contributed by atoms with Crippen LogP contribution in [0.5, 0.6) is 11.5 Å². The molecule has 0 aliphatic carbocycles. The first kappa shape index (κ1) is 22.4. The fraction of sp³-hybridized carbons (Fsp3) is 0.417. The van der Waals surface area contributed by atoms with E-state index in [0.29, 0.717) is 36.2 Å². The van der Waals surface area contributed by atoms with Gasteiger partial charge in [-0.15, -0.1) is 0 Å². The van der Waals surface area contributed by atoms with Crippen LogP contribution in [0.4, 0.5) is 10.8 Å². The minimum Gasteiger partial charge on any atom is -0.486 e. The molecule has 4 rings (SSSR count). The molecule has 32 heavy (non-hydrogen) atoms. The van der Waals surface area contributed by atoms with Crippen molar-refractivity contribution in [1.82, 2.24) is 9.88 Å². The van der Waals surface area contributed by atoms with Crippen molar-refractivity contribution in [2.75, 3.05) is 63.3 Å². The number of carbonyl (C=O) groups excluding carboxylic acids is 1. The summed E-state index contributed by atoms with van der Waals surface area (Å²) < 4.78 is 12.4. The van der Waals surface area contributed by atoms with Gasteiger partial charge >= 0.3 is 0 Å². The summed E-state index contributed by atoms with van der Waals surface area (Å²) >= 11 is 1.50. The second-order valence-electron chi connectivity index (χ2n) is 7.94. The molecule has 170 valence electrons. The first-order chi connectivity index (χ1) is 15.5. The molecule has 2 aromatic carbocycles. The minimum absolute atomic E-state index is 0.0470. The summed E-state index contributed by atoms with van der Waals surface area (Å²) in [6, 6.07) is 11.7. The van der Waals surface area contributed by atoms with Gasteiger partial charge in [-0.05, 0) is 52.2 Å². The summed E-state index contributed by atoms with van der Waals surface area (Å²) in [4.78, 5) is 24.4. The molecule has 8 heteroatoms. The molecular weight excluding hydrogens is 424 g/mol. The number of ether oxygens (including phenoxy) is 2. The number of hydrogen-bond acceptors (Lipinski definition) is 7. The van der Waals surface area contributed by atoms with Crippen LogP contribution in [0.2, 0.25) is 0 Å². The van der Waals surface area contributed by atoms with Crippen LogP contribution >= 0.6 is 11.3 Å². The predicted molar refractivity (Wildman–Crippen MR) is 131 cm³/mol. The largest absolute Gasteiger partial charge is 0.486 e. The Morgan fingerprint density at radius 1 is 1.00 bits per heavy atom. The lowest BCUT2D eigenvalue weighted by molar-refractivity contribution is 0.0985. The molecule has 1 aliphatic rings. The van der Waals surface area contributed by atoms with E-state index in [-0.39, 0.29) is 5.91 Å². The molecule has 2 heterocycles. The van der Waals surface area contributed by atoms with Crippen molar-refractivity contribution in [3.63, 3.8) is 0 Å². The van der Waals surface area contributed by atoms with Crippen LogP contribution in [-0.4, -0.2) is 69.3 Å². The van der Waals surface area contributed by atoms with Crippen molar-refractivity contribution < 1.29 is 14.3 Å². The van der Waals surface area contributed by atoms with E-state index in [1.807, 2.05) is 50.5 Å². The Balaban J connectivity index is 1.65. The summed E-state index contributed by atoms with van der Waals surface area (Å²) in [6.07, 6.45) is 0. The van der Waals surface area contributed by atoms with Gasteiger partial charge in [-0.3, -0.25) is 9.69 Å². The van der Waals surface area contributed by atoms with E-state index in [9.17, 15) is 4.79 Å². The van der Waals surface area contributed by atoms with Crippen LogP contribution in [0.3, 0.4) is 0 Å². The summed E-state index contributed by atoms with van der Waals surface area (Å²) in [5.74, 6) is 1.39. The molecular formula is C24H30N4O3S. The monoisotopic (exact) mass is 454 g/mol. The molecule has 0 atom stereocenters. The second-order valence-corrected chi connectivity index (χ2v) is 8.95. The van der Waals surface area contributed by atoms with Crippen LogP contribution in [0.25, 0.3) is 10.2 Å². The van der Waals surface area contributed by atoms with E-state index < -0.39 is 0 Å². The zero-order valence-electron chi connectivity index (χ0n) is 19.1. The van der Waals surface area contributed by atoms with Crippen molar-refractivity contribution in [3.8, 4) is 11.5 Å². The highest BCUT2D eigenvalue weighted by atomic mass is 32.1. The maximum atomic E-state index is 13.5. The fourth-order valence-electron chi connectivity index (χ4n) is 3.71. The molecule has 0 saturated carbocycles. The number of hydrogen-bond donors (Lipinski definition) is 0. The zero-order chi connectivity index (χ0) is 22.7. The standard InChI is InChI=1S/C24H30N4O3S/c1-5-27(6-2)18-9-7-17(8-10-18)23(29)28(12-11-26(3)4)24-25-19-15-20-21(16-22(19)32-24)31-14-13-30-20/h7-10,15-16H,5-6,11-14H2,1-4H3. The molecule has 0 N–H and O–H groups in total. The summed E-state index contributed by atoms with van der Waals surface area (Å²) in [5.41, 5.74) is 2.59. The third-order valence-corrected chi connectivity index (χ3v) is 6.57. The van der Waals surface area contributed by atoms with Gasteiger partial charge in [0.15, 0.2) is 16.6 Å². The summed E-state index contributed by atoms with van der Waals surface area (Å²) in [6.45, 7) is 8.49. The predicted octanol–water partition coefficient (Wildman–Crippen LogP) is 4.12. The van der Waals surface area contributed by atoms with Gasteiger partial charge in [0.25, 0.3) is 5.91 Å². The molecule has 1 aliphatic heterocycles.